The lowest BCUT2D eigenvalue weighted by molar-refractivity contribution is 0.750. The lowest BCUT2D eigenvalue weighted by atomic mass is 10.4. The first-order valence-electron chi connectivity index (χ1n) is 4.06. The molecule has 4 nitrogen and oxygen atoms in total. The van der Waals surface area contributed by atoms with Crippen molar-refractivity contribution in [2.24, 2.45) is 7.05 Å². The van der Waals surface area contributed by atoms with E-state index in [4.69, 9.17) is 0 Å². The minimum atomic E-state index is 0.730. The van der Waals surface area contributed by atoms with Crippen LogP contribution >= 0.6 is 27.3 Å². The molecule has 0 atom stereocenters. The minimum Gasteiger partial charge on any atom is -0.376 e. The summed E-state index contributed by atoms with van der Waals surface area (Å²) in [6, 6.07) is 0. The van der Waals surface area contributed by atoms with Crippen molar-refractivity contribution in [3.63, 3.8) is 0 Å². The molecule has 74 valence electrons. The highest BCUT2D eigenvalue weighted by Crippen LogP contribution is 2.20. The van der Waals surface area contributed by atoms with Gasteiger partial charge in [-0.2, -0.15) is 5.10 Å². The number of rotatable bonds is 3. The number of thiazole rings is 1. The largest absolute Gasteiger partial charge is 0.376 e. The van der Waals surface area contributed by atoms with Crippen LogP contribution in [0.1, 0.15) is 5.69 Å². The lowest BCUT2D eigenvalue weighted by Crippen LogP contribution is -1.99. The van der Waals surface area contributed by atoms with E-state index in [2.05, 4.69) is 31.3 Å². The van der Waals surface area contributed by atoms with Gasteiger partial charge in [0.15, 0.2) is 0 Å². The van der Waals surface area contributed by atoms with Gasteiger partial charge in [0, 0.05) is 12.4 Å². The van der Waals surface area contributed by atoms with Crippen LogP contribution in [-0.4, -0.2) is 14.8 Å². The number of hydrogen-bond acceptors (Lipinski definition) is 4. The molecule has 0 unspecified atom stereocenters. The van der Waals surface area contributed by atoms with E-state index in [-0.39, 0.29) is 0 Å². The summed E-state index contributed by atoms with van der Waals surface area (Å²) in [6.45, 7) is 0.730. The maximum absolute atomic E-state index is 4.18. The Bertz CT molecular complexity index is 409. The van der Waals surface area contributed by atoms with E-state index in [1.165, 1.54) is 0 Å². The Labute approximate surface area is 94.1 Å². The maximum Gasteiger partial charge on any atom is 0.126 e. The fraction of sp³-hybridized carbons (Fsp3) is 0.250. The van der Waals surface area contributed by atoms with Crippen molar-refractivity contribution < 1.29 is 0 Å². The molecule has 1 N–H and O–H groups in total. The highest BCUT2D eigenvalue weighted by atomic mass is 79.9. The second-order valence-corrected chi connectivity index (χ2v) is 4.28. The summed E-state index contributed by atoms with van der Waals surface area (Å²) in [5.41, 5.74) is 3.86. The zero-order valence-corrected chi connectivity index (χ0v) is 9.97. The predicted octanol–water partition coefficient (Wildman–Crippen LogP) is 2.25. The maximum atomic E-state index is 4.18. The Morgan fingerprint density at radius 3 is 3.07 bits per heavy atom. The molecule has 0 fully saturated rings. The first kappa shape index (κ1) is 9.67. The van der Waals surface area contributed by atoms with Crippen LogP contribution in [0.5, 0.6) is 0 Å². The first-order chi connectivity index (χ1) is 6.77. The molecule has 0 aliphatic rings. The Morgan fingerprint density at radius 1 is 1.64 bits per heavy atom. The molecule has 0 aliphatic carbocycles. The fourth-order valence-electron chi connectivity index (χ4n) is 1.05. The molecule has 2 aromatic heterocycles. The van der Waals surface area contributed by atoms with Crippen molar-refractivity contribution in [2.45, 2.75) is 6.54 Å². The molecule has 0 radical (unpaired) electrons. The highest BCUT2D eigenvalue weighted by molar-refractivity contribution is 9.10. The SMILES string of the molecule is Cn1ncc(NCc2cscn2)c1Br. The van der Waals surface area contributed by atoms with Gasteiger partial charge in [0.05, 0.1) is 29.6 Å². The molecular formula is C8H9BrN4S. The number of nitrogens with zero attached hydrogens (tertiary/aromatic N) is 3. The molecule has 0 bridgehead atoms. The molecule has 2 aromatic rings. The van der Waals surface area contributed by atoms with Crippen LogP contribution in [0.4, 0.5) is 5.69 Å². The summed E-state index contributed by atoms with van der Waals surface area (Å²) in [6.07, 6.45) is 1.79. The van der Waals surface area contributed by atoms with Crippen LogP contribution in [-0.2, 0) is 13.6 Å². The van der Waals surface area contributed by atoms with Crippen LogP contribution in [0.25, 0.3) is 0 Å². The number of nitrogens with one attached hydrogen (secondary N) is 1. The van der Waals surface area contributed by atoms with Gasteiger partial charge in [-0.1, -0.05) is 0 Å². The van der Waals surface area contributed by atoms with Crippen LogP contribution in [0.3, 0.4) is 0 Å². The van der Waals surface area contributed by atoms with Gasteiger partial charge in [0.2, 0.25) is 0 Å². The summed E-state index contributed by atoms with van der Waals surface area (Å²) in [5, 5.41) is 9.38. The third-order valence-corrected chi connectivity index (χ3v) is 3.39. The summed E-state index contributed by atoms with van der Waals surface area (Å²) in [5.74, 6) is 0. The smallest absolute Gasteiger partial charge is 0.126 e. The molecule has 0 saturated heterocycles. The predicted molar refractivity (Wildman–Crippen MR) is 60.3 cm³/mol. The average molecular weight is 273 g/mol. The summed E-state index contributed by atoms with van der Waals surface area (Å²) >= 11 is 5.04. The number of halogens is 1. The van der Waals surface area contributed by atoms with Gasteiger partial charge in [0.1, 0.15) is 4.60 Å². The lowest BCUT2D eigenvalue weighted by Gasteiger charge is -2.01. The van der Waals surface area contributed by atoms with Gasteiger partial charge in [-0.3, -0.25) is 4.68 Å². The minimum absolute atomic E-state index is 0.730. The molecular weight excluding hydrogens is 264 g/mol. The topological polar surface area (TPSA) is 42.7 Å². The van der Waals surface area contributed by atoms with Crippen LogP contribution < -0.4 is 5.32 Å². The molecule has 2 rings (SSSR count). The fourth-order valence-corrected chi connectivity index (χ4v) is 1.94. The van der Waals surface area contributed by atoms with Gasteiger partial charge in [0.25, 0.3) is 0 Å². The van der Waals surface area contributed by atoms with Crippen LogP contribution in [0, 0.1) is 0 Å². The van der Waals surface area contributed by atoms with Crippen LogP contribution in [0.15, 0.2) is 21.7 Å². The summed E-state index contributed by atoms with van der Waals surface area (Å²) < 4.78 is 2.72. The van der Waals surface area contributed by atoms with Gasteiger partial charge < -0.3 is 5.32 Å². The van der Waals surface area contributed by atoms with E-state index >= 15 is 0 Å². The normalized spacial score (nSPS) is 10.4. The Balaban J connectivity index is 2.02. The van der Waals surface area contributed by atoms with Crippen molar-refractivity contribution in [2.75, 3.05) is 5.32 Å². The molecule has 2 heterocycles. The number of hydrogen-bond donors (Lipinski definition) is 1. The monoisotopic (exact) mass is 272 g/mol. The average Bonchev–Trinajstić information content (AvgIpc) is 2.77. The number of aromatic nitrogens is 3. The van der Waals surface area contributed by atoms with Gasteiger partial charge in [-0.15, -0.1) is 11.3 Å². The van der Waals surface area contributed by atoms with Gasteiger partial charge in [-0.05, 0) is 15.9 Å². The molecule has 6 heteroatoms. The van der Waals surface area contributed by atoms with E-state index in [0.29, 0.717) is 0 Å². The number of anilines is 1. The van der Waals surface area contributed by atoms with Crippen molar-refractivity contribution in [1.82, 2.24) is 14.8 Å². The molecule has 14 heavy (non-hydrogen) atoms. The Morgan fingerprint density at radius 2 is 2.50 bits per heavy atom. The van der Waals surface area contributed by atoms with Crippen molar-refractivity contribution >= 4 is 33.0 Å². The molecule has 0 aromatic carbocycles. The van der Waals surface area contributed by atoms with E-state index in [1.54, 1.807) is 22.2 Å². The molecule has 0 saturated carbocycles. The summed E-state index contributed by atoms with van der Waals surface area (Å²) in [7, 11) is 1.89. The Kier molecular flexibility index (Phi) is 2.83. The first-order valence-corrected chi connectivity index (χ1v) is 5.79. The number of aryl methyl sites for hydroxylation is 1. The van der Waals surface area contributed by atoms with E-state index in [1.807, 2.05) is 17.9 Å². The highest BCUT2D eigenvalue weighted by Gasteiger charge is 2.04. The Hall–Kier alpha value is -0.880. The molecule has 0 amide bonds. The van der Waals surface area contributed by atoms with E-state index < -0.39 is 0 Å². The van der Waals surface area contributed by atoms with Crippen molar-refractivity contribution in [3.8, 4) is 0 Å². The van der Waals surface area contributed by atoms with Gasteiger partial charge in [-0.25, -0.2) is 4.98 Å². The van der Waals surface area contributed by atoms with Crippen LogP contribution in [0.2, 0.25) is 0 Å². The second kappa shape index (κ2) is 4.10. The third kappa shape index (κ3) is 1.96. The standard InChI is InChI=1S/C8H9BrN4S/c1-13-8(9)7(3-12-13)10-2-6-4-14-5-11-6/h3-5,10H,2H2,1H3. The third-order valence-electron chi connectivity index (χ3n) is 1.81. The second-order valence-electron chi connectivity index (χ2n) is 2.81. The summed E-state index contributed by atoms with van der Waals surface area (Å²) in [4.78, 5) is 4.18. The quantitative estimate of drug-likeness (QED) is 0.932. The molecule has 0 spiro atoms. The zero-order chi connectivity index (χ0) is 9.97. The van der Waals surface area contributed by atoms with E-state index in [0.717, 1.165) is 22.5 Å². The van der Waals surface area contributed by atoms with Crippen molar-refractivity contribution in [3.05, 3.63) is 27.4 Å². The molecule has 0 aliphatic heterocycles. The van der Waals surface area contributed by atoms with Crippen molar-refractivity contribution in [1.29, 1.82) is 0 Å². The van der Waals surface area contributed by atoms with Gasteiger partial charge >= 0.3 is 0 Å². The van der Waals surface area contributed by atoms with E-state index in [9.17, 15) is 0 Å². The zero-order valence-electron chi connectivity index (χ0n) is 7.57.